The zero-order valence-corrected chi connectivity index (χ0v) is 8.96. The topological polar surface area (TPSA) is 64.3 Å². The van der Waals surface area contributed by atoms with Gasteiger partial charge in [-0.1, -0.05) is 18.2 Å². The first-order chi connectivity index (χ1) is 8.59. The number of aromatic nitrogens is 2. The van der Waals surface area contributed by atoms with Crippen LogP contribution in [0, 0.1) is 0 Å². The standard InChI is InChI=1S/C11H8F2N2O3/c12-11(13)18-9-8(10(16)17)6-14-15(9)7-4-2-1-3-5-7/h1-6,11H,(H,16,17). The monoisotopic (exact) mass is 254 g/mol. The van der Waals surface area contributed by atoms with Crippen LogP contribution in [0.25, 0.3) is 5.69 Å². The lowest BCUT2D eigenvalue weighted by Gasteiger charge is -2.08. The Morgan fingerprint density at radius 2 is 2.00 bits per heavy atom. The minimum atomic E-state index is -3.12. The second-order valence-corrected chi connectivity index (χ2v) is 3.29. The predicted molar refractivity (Wildman–Crippen MR) is 57.2 cm³/mol. The number of aromatic carboxylic acids is 1. The number of rotatable bonds is 4. The van der Waals surface area contributed by atoms with E-state index in [2.05, 4.69) is 9.84 Å². The number of halogens is 2. The Kier molecular flexibility index (Phi) is 3.22. The first-order valence-electron chi connectivity index (χ1n) is 4.91. The highest BCUT2D eigenvalue weighted by Gasteiger charge is 2.22. The van der Waals surface area contributed by atoms with Crippen LogP contribution in [0.1, 0.15) is 10.4 Å². The van der Waals surface area contributed by atoms with E-state index < -0.39 is 24.0 Å². The molecule has 0 radical (unpaired) electrons. The molecule has 0 saturated heterocycles. The van der Waals surface area contributed by atoms with Crippen LogP contribution in [-0.4, -0.2) is 27.5 Å². The van der Waals surface area contributed by atoms with Gasteiger partial charge in [-0.15, -0.1) is 0 Å². The Hall–Kier alpha value is -2.44. The lowest BCUT2D eigenvalue weighted by molar-refractivity contribution is -0.0548. The van der Waals surface area contributed by atoms with E-state index in [1.54, 1.807) is 30.3 Å². The summed E-state index contributed by atoms with van der Waals surface area (Å²) in [6, 6.07) is 8.26. The average molecular weight is 254 g/mol. The van der Waals surface area contributed by atoms with E-state index in [0.717, 1.165) is 10.9 Å². The van der Waals surface area contributed by atoms with Crippen LogP contribution in [0.3, 0.4) is 0 Å². The molecule has 0 spiro atoms. The first-order valence-corrected chi connectivity index (χ1v) is 4.91. The van der Waals surface area contributed by atoms with E-state index in [4.69, 9.17) is 5.11 Å². The van der Waals surface area contributed by atoms with Crippen molar-refractivity contribution >= 4 is 5.97 Å². The summed E-state index contributed by atoms with van der Waals surface area (Å²) in [6.07, 6.45) is 0.965. The molecule has 0 amide bonds. The van der Waals surface area contributed by atoms with Gasteiger partial charge in [-0.25, -0.2) is 9.48 Å². The number of alkyl halides is 2. The first kappa shape index (κ1) is 12.0. The quantitative estimate of drug-likeness (QED) is 0.908. The second-order valence-electron chi connectivity index (χ2n) is 3.29. The van der Waals surface area contributed by atoms with Crippen molar-refractivity contribution in [3.05, 3.63) is 42.1 Å². The maximum absolute atomic E-state index is 12.3. The van der Waals surface area contributed by atoms with Gasteiger partial charge in [0.15, 0.2) is 0 Å². The van der Waals surface area contributed by atoms with Gasteiger partial charge in [0.25, 0.3) is 0 Å². The van der Waals surface area contributed by atoms with Gasteiger partial charge in [0.05, 0.1) is 11.9 Å². The van der Waals surface area contributed by atoms with Gasteiger partial charge in [-0.05, 0) is 12.1 Å². The molecule has 0 aliphatic carbocycles. The summed E-state index contributed by atoms with van der Waals surface area (Å²) in [5, 5.41) is 12.6. The number of carboxylic acid groups (broad SMARTS) is 1. The van der Waals surface area contributed by atoms with Crippen molar-refractivity contribution in [1.82, 2.24) is 9.78 Å². The summed E-state index contributed by atoms with van der Waals surface area (Å²) < 4.78 is 29.8. The second kappa shape index (κ2) is 4.82. The fourth-order valence-corrected chi connectivity index (χ4v) is 1.43. The number of carbonyl (C=O) groups is 1. The molecule has 0 unspecified atom stereocenters. The zero-order chi connectivity index (χ0) is 13.1. The van der Waals surface area contributed by atoms with Crippen LogP contribution < -0.4 is 4.74 Å². The Balaban J connectivity index is 2.51. The van der Waals surface area contributed by atoms with Gasteiger partial charge < -0.3 is 9.84 Å². The van der Waals surface area contributed by atoms with E-state index in [1.807, 2.05) is 0 Å². The molecule has 1 aromatic carbocycles. The molecule has 2 aromatic rings. The van der Waals surface area contributed by atoms with E-state index in [1.165, 1.54) is 0 Å². The smallest absolute Gasteiger partial charge is 0.388 e. The number of hydrogen-bond acceptors (Lipinski definition) is 3. The number of ether oxygens (including phenoxy) is 1. The van der Waals surface area contributed by atoms with Crippen LogP contribution in [-0.2, 0) is 0 Å². The van der Waals surface area contributed by atoms with Crippen molar-refractivity contribution < 1.29 is 23.4 Å². The molecule has 0 bridgehead atoms. The van der Waals surface area contributed by atoms with Crippen molar-refractivity contribution in [3.8, 4) is 11.6 Å². The van der Waals surface area contributed by atoms with Crippen LogP contribution in [0.4, 0.5) is 8.78 Å². The molecule has 1 aromatic heterocycles. The maximum atomic E-state index is 12.3. The third-order valence-corrected chi connectivity index (χ3v) is 2.16. The Labute approximate surface area is 100 Å². The fourth-order valence-electron chi connectivity index (χ4n) is 1.43. The van der Waals surface area contributed by atoms with Gasteiger partial charge in [0.1, 0.15) is 5.56 Å². The minimum absolute atomic E-state index is 0.417. The molecular formula is C11H8F2N2O3. The summed E-state index contributed by atoms with van der Waals surface area (Å²) in [7, 11) is 0. The zero-order valence-electron chi connectivity index (χ0n) is 8.96. The molecule has 0 aliphatic heterocycles. The van der Waals surface area contributed by atoms with Crippen LogP contribution >= 0.6 is 0 Å². The van der Waals surface area contributed by atoms with E-state index >= 15 is 0 Å². The van der Waals surface area contributed by atoms with Crippen molar-refractivity contribution in [2.24, 2.45) is 0 Å². The predicted octanol–water partition coefficient (Wildman–Crippen LogP) is 2.17. The number of hydrogen-bond donors (Lipinski definition) is 1. The molecule has 2 rings (SSSR count). The van der Waals surface area contributed by atoms with Gasteiger partial charge in [0, 0.05) is 0 Å². The number of nitrogens with zero attached hydrogens (tertiary/aromatic N) is 2. The molecule has 0 aliphatic rings. The highest BCUT2D eigenvalue weighted by Crippen LogP contribution is 2.24. The lowest BCUT2D eigenvalue weighted by atomic mass is 10.3. The highest BCUT2D eigenvalue weighted by atomic mass is 19.3. The van der Waals surface area contributed by atoms with Crippen molar-refractivity contribution in [3.63, 3.8) is 0 Å². The summed E-state index contributed by atoms with van der Waals surface area (Å²) in [4.78, 5) is 10.9. The number of benzene rings is 1. The Bertz CT molecular complexity index is 555. The summed E-state index contributed by atoms with van der Waals surface area (Å²) in [5.74, 6) is -1.88. The summed E-state index contributed by atoms with van der Waals surface area (Å²) in [5.41, 5.74) is 0.0137. The third kappa shape index (κ3) is 2.29. The van der Waals surface area contributed by atoms with Gasteiger partial charge >= 0.3 is 12.6 Å². The molecule has 5 nitrogen and oxygen atoms in total. The molecule has 0 saturated carbocycles. The molecule has 0 atom stereocenters. The van der Waals surface area contributed by atoms with Gasteiger partial charge in [-0.3, -0.25) is 0 Å². The molecule has 7 heteroatoms. The lowest BCUT2D eigenvalue weighted by Crippen LogP contribution is -2.10. The van der Waals surface area contributed by atoms with Gasteiger partial charge in [0.2, 0.25) is 5.88 Å². The van der Waals surface area contributed by atoms with E-state index in [-0.39, 0.29) is 0 Å². The van der Waals surface area contributed by atoms with Gasteiger partial charge in [-0.2, -0.15) is 13.9 Å². The van der Waals surface area contributed by atoms with E-state index in [9.17, 15) is 13.6 Å². The van der Waals surface area contributed by atoms with Crippen molar-refractivity contribution in [2.75, 3.05) is 0 Å². The third-order valence-electron chi connectivity index (χ3n) is 2.16. The number of para-hydroxylation sites is 1. The summed E-state index contributed by atoms with van der Waals surface area (Å²) >= 11 is 0. The minimum Gasteiger partial charge on any atom is -0.477 e. The van der Waals surface area contributed by atoms with Crippen molar-refractivity contribution in [2.45, 2.75) is 6.61 Å². The fraction of sp³-hybridized carbons (Fsp3) is 0.0909. The normalized spacial score (nSPS) is 10.6. The molecular weight excluding hydrogens is 246 g/mol. The van der Waals surface area contributed by atoms with Crippen LogP contribution in [0.15, 0.2) is 36.5 Å². The van der Waals surface area contributed by atoms with Crippen molar-refractivity contribution in [1.29, 1.82) is 0 Å². The Morgan fingerprint density at radius 3 is 2.56 bits per heavy atom. The SMILES string of the molecule is O=C(O)c1cnn(-c2ccccc2)c1OC(F)F. The van der Waals surface area contributed by atoms with E-state index in [0.29, 0.717) is 5.69 Å². The number of carboxylic acids is 1. The maximum Gasteiger partial charge on any atom is 0.388 e. The Morgan fingerprint density at radius 1 is 1.33 bits per heavy atom. The average Bonchev–Trinajstić information content (AvgIpc) is 2.73. The van der Waals surface area contributed by atoms with Crippen LogP contribution in [0.2, 0.25) is 0 Å². The molecule has 1 N–H and O–H groups in total. The molecule has 0 fully saturated rings. The molecule has 18 heavy (non-hydrogen) atoms. The summed E-state index contributed by atoms with van der Waals surface area (Å²) in [6.45, 7) is -3.12. The molecule has 94 valence electrons. The van der Waals surface area contributed by atoms with Crippen LogP contribution in [0.5, 0.6) is 5.88 Å². The largest absolute Gasteiger partial charge is 0.477 e. The highest BCUT2D eigenvalue weighted by molar-refractivity contribution is 5.90. The molecule has 1 heterocycles.